The van der Waals surface area contributed by atoms with Crippen LogP contribution in [0.25, 0.3) is 10.9 Å². The van der Waals surface area contributed by atoms with Gasteiger partial charge in [-0.3, -0.25) is 14.8 Å². The third-order valence-corrected chi connectivity index (χ3v) is 4.69. The minimum absolute atomic E-state index is 0.102. The first-order valence-corrected chi connectivity index (χ1v) is 8.10. The van der Waals surface area contributed by atoms with E-state index < -0.39 is 0 Å². The van der Waals surface area contributed by atoms with Gasteiger partial charge < -0.3 is 5.32 Å². The van der Waals surface area contributed by atoms with Gasteiger partial charge in [0.1, 0.15) is 0 Å². The third-order valence-electron chi connectivity index (χ3n) is 4.69. The second-order valence-electron chi connectivity index (χ2n) is 6.40. The molecule has 1 fully saturated rings. The summed E-state index contributed by atoms with van der Waals surface area (Å²) in [4.78, 5) is 14.8. The first kappa shape index (κ1) is 15.0. The highest BCUT2D eigenvalue weighted by Gasteiger charge is 2.21. The highest BCUT2D eigenvalue weighted by molar-refractivity contribution is 6.04. The maximum Gasteiger partial charge on any atom is 0.272 e. The lowest BCUT2D eigenvalue weighted by molar-refractivity contribution is 0.0918. The molecule has 2 N–H and O–H groups in total. The molecule has 1 aliphatic rings. The van der Waals surface area contributed by atoms with Gasteiger partial charge in [0, 0.05) is 18.0 Å². The van der Waals surface area contributed by atoms with E-state index in [-0.39, 0.29) is 5.91 Å². The van der Waals surface area contributed by atoms with Crippen LogP contribution in [-0.2, 0) is 0 Å². The van der Waals surface area contributed by atoms with Crippen LogP contribution in [0.2, 0.25) is 0 Å². The number of amides is 1. The molecule has 0 aliphatic carbocycles. The molecule has 1 aromatic carbocycles. The van der Waals surface area contributed by atoms with E-state index in [1.165, 1.54) is 12.8 Å². The van der Waals surface area contributed by atoms with Crippen LogP contribution < -0.4 is 5.32 Å². The van der Waals surface area contributed by atoms with Gasteiger partial charge in [-0.2, -0.15) is 5.10 Å². The van der Waals surface area contributed by atoms with Crippen LogP contribution in [0.4, 0.5) is 0 Å². The first-order valence-electron chi connectivity index (χ1n) is 8.10. The summed E-state index contributed by atoms with van der Waals surface area (Å²) in [5.41, 5.74) is 1.38. The summed E-state index contributed by atoms with van der Waals surface area (Å²) in [6.07, 6.45) is 2.50. The van der Waals surface area contributed by atoms with Crippen LogP contribution in [0.15, 0.2) is 24.3 Å². The summed E-state index contributed by atoms with van der Waals surface area (Å²) < 4.78 is 0. The normalized spacial score (nSPS) is 18.5. The van der Waals surface area contributed by atoms with E-state index in [4.69, 9.17) is 0 Å². The highest BCUT2D eigenvalue weighted by Crippen LogP contribution is 2.18. The molecule has 0 bridgehead atoms. The Morgan fingerprint density at radius 1 is 1.41 bits per heavy atom. The van der Waals surface area contributed by atoms with E-state index in [9.17, 15) is 4.79 Å². The number of rotatable bonds is 4. The monoisotopic (exact) mass is 300 g/mol. The first-order chi connectivity index (χ1) is 10.6. The van der Waals surface area contributed by atoms with Crippen LogP contribution in [0.3, 0.4) is 0 Å². The second kappa shape index (κ2) is 6.48. The van der Waals surface area contributed by atoms with Gasteiger partial charge in [-0.05, 0) is 44.8 Å². The molecule has 1 aromatic heterocycles. The van der Waals surface area contributed by atoms with Gasteiger partial charge in [0.05, 0.1) is 5.52 Å². The summed E-state index contributed by atoms with van der Waals surface area (Å²) in [7, 11) is 0. The van der Waals surface area contributed by atoms with Crippen molar-refractivity contribution in [1.82, 2.24) is 20.4 Å². The van der Waals surface area contributed by atoms with Gasteiger partial charge in [-0.25, -0.2) is 0 Å². The van der Waals surface area contributed by atoms with Gasteiger partial charge in [-0.15, -0.1) is 0 Å². The lowest BCUT2D eigenvalue weighted by atomic mass is 9.98. The Kier molecular flexibility index (Phi) is 4.43. The minimum atomic E-state index is -0.102. The number of likely N-dealkylation sites (tertiary alicyclic amines) is 1. The number of nitrogens with zero attached hydrogens (tertiary/aromatic N) is 2. The van der Waals surface area contributed by atoms with Crippen molar-refractivity contribution in [2.75, 3.05) is 19.6 Å². The zero-order chi connectivity index (χ0) is 15.5. The Bertz CT molecular complexity index is 643. The molecule has 1 atom stereocenters. The van der Waals surface area contributed by atoms with Crippen molar-refractivity contribution in [2.24, 2.45) is 5.92 Å². The molecule has 1 saturated heterocycles. The van der Waals surface area contributed by atoms with E-state index in [0.29, 0.717) is 18.3 Å². The average molecular weight is 300 g/mol. The van der Waals surface area contributed by atoms with E-state index in [2.05, 4.69) is 34.3 Å². The van der Waals surface area contributed by atoms with E-state index in [1.807, 2.05) is 24.3 Å². The molecule has 2 aromatic rings. The molecule has 0 saturated carbocycles. The summed E-state index contributed by atoms with van der Waals surface area (Å²) in [5.74, 6) is 0.725. The molecule has 0 radical (unpaired) electrons. The van der Waals surface area contributed by atoms with Crippen molar-refractivity contribution in [3.63, 3.8) is 0 Å². The van der Waals surface area contributed by atoms with Crippen LogP contribution in [-0.4, -0.2) is 46.7 Å². The lowest BCUT2D eigenvalue weighted by Crippen LogP contribution is -2.45. The van der Waals surface area contributed by atoms with Crippen molar-refractivity contribution in [3.05, 3.63) is 30.0 Å². The van der Waals surface area contributed by atoms with Gasteiger partial charge in [0.15, 0.2) is 5.69 Å². The van der Waals surface area contributed by atoms with Crippen LogP contribution in [0.5, 0.6) is 0 Å². The largest absolute Gasteiger partial charge is 0.349 e. The summed E-state index contributed by atoms with van der Waals surface area (Å²) in [5, 5.41) is 10.9. The maximum atomic E-state index is 12.3. The van der Waals surface area contributed by atoms with E-state index >= 15 is 0 Å². The van der Waals surface area contributed by atoms with Crippen molar-refractivity contribution >= 4 is 16.8 Å². The number of H-pyrrole nitrogens is 1. The van der Waals surface area contributed by atoms with Gasteiger partial charge in [0.2, 0.25) is 0 Å². The van der Waals surface area contributed by atoms with Crippen LogP contribution in [0, 0.1) is 5.92 Å². The zero-order valence-corrected chi connectivity index (χ0v) is 13.3. The number of carbonyl (C=O) groups is 1. The van der Waals surface area contributed by atoms with Gasteiger partial charge in [-0.1, -0.05) is 25.1 Å². The Balaban J connectivity index is 1.58. The number of aromatic amines is 1. The SMILES string of the molecule is CC1CCN([C@H](C)CNC(=O)c2n[nH]c3ccccc23)CC1. The van der Waals surface area contributed by atoms with Crippen LogP contribution in [0.1, 0.15) is 37.2 Å². The van der Waals surface area contributed by atoms with Crippen molar-refractivity contribution in [1.29, 1.82) is 0 Å². The number of hydrogen-bond acceptors (Lipinski definition) is 3. The molecule has 22 heavy (non-hydrogen) atoms. The summed E-state index contributed by atoms with van der Waals surface area (Å²) >= 11 is 0. The summed E-state index contributed by atoms with van der Waals surface area (Å²) in [6, 6.07) is 8.06. The van der Waals surface area contributed by atoms with E-state index in [0.717, 1.165) is 29.9 Å². The Hall–Kier alpha value is -1.88. The van der Waals surface area contributed by atoms with Crippen molar-refractivity contribution < 1.29 is 4.79 Å². The molecule has 118 valence electrons. The van der Waals surface area contributed by atoms with Crippen molar-refractivity contribution in [2.45, 2.75) is 32.7 Å². The molecule has 0 unspecified atom stereocenters. The number of aromatic nitrogens is 2. The Morgan fingerprint density at radius 3 is 2.91 bits per heavy atom. The molecular formula is C17H24N4O. The highest BCUT2D eigenvalue weighted by atomic mass is 16.1. The number of para-hydroxylation sites is 1. The smallest absolute Gasteiger partial charge is 0.272 e. The predicted octanol–water partition coefficient (Wildman–Crippen LogP) is 2.41. The number of benzene rings is 1. The fourth-order valence-corrected chi connectivity index (χ4v) is 3.06. The number of piperidine rings is 1. The lowest BCUT2D eigenvalue weighted by Gasteiger charge is -2.34. The molecule has 0 spiro atoms. The number of nitrogens with one attached hydrogen (secondary N) is 2. The fraction of sp³-hybridized carbons (Fsp3) is 0.529. The second-order valence-corrected chi connectivity index (χ2v) is 6.40. The standard InChI is InChI=1S/C17H24N4O/c1-12-7-9-21(10-8-12)13(2)11-18-17(22)16-14-5-3-4-6-15(14)19-20-16/h3-6,12-13H,7-11H2,1-2H3,(H,18,22)(H,19,20)/t13-/m1/s1. The van der Waals surface area contributed by atoms with Crippen molar-refractivity contribution in [3.8, 4) is 0 Å². The fourth-order valence-electron chi connectivity index (χ4n) is 3.06. The van der Waals surface area contributed by atoms with E-state index in [1.54, 1.807) is 0 Å². The minimum Gasteiger partial charge on any atom is -0.349 e. The van der Waals surface area contributed by atoms with Gasteiger partial charge >= 0.3 is 0 Å². The molecule has 2 heterocycles. The molecular weight excluding hydrogens is 276 g/mol. The van der Waals surface area contributed by atoms with Crippen LogP contribution >= 0.6 is 0 Å². The Morgan fingerprint density at radius 2 is 2.14 bits per heavy atom. The quantitative estimate of drug-likeness (QED) is 0.911. The Labute approximate surface area is 131 Å². The zero-order valence-electron chi connectivity index (χ0n) is 13.3. The molecule has 5 nitrogen and oxygen atoms in total. The molecule has 1 amide bonds. The topological polar surface area (TPSA) is 61.0 Å². The maximum absolute atomic E-state index is 12.3. The molecule has 5 heteroatoms. The molecule has 1 aliphatic heterocycles. The number of hydrogen-bond donors (Lipinski definition) is 2. The predicted molar refractivity (Wildman–Crippen MR) is 87.9 cm³/mol. The number of carbonyl (C=O) groups excluding carboxylic acids is 1. The summed E-state index contributed by atoms with van der Waals surface area (Å²) in [6.45, 7) is 7.41. The third kappa shape index (κ3) is 3.14. The molecule has 3 rings (SSSR count). The average Bonchev–Trinajstić information content (AvgIpc) is 2.97. The van der Waals surface area contributed by atoms with Gasteiger partial charge in [0.25, 0.3) is 5.91 Å². The number of fused-ring (bicyclic) bond motifs is 1.